The van der Waals surface area contributed by atoms with E-state index < -0.39 is 20.4 Å². The summed E-state index contributed by atoms with van der Waals surface area (Å²) >= 11 is 0. The third-order valence-electron chi connectivity index (χ3n) is 7.21. The summed E-state index contributed by atoms with van der Waals surface area (Å²) in [5.41, 5.74) is 2.56. The lowest BCUT2D eigenvalue weighted by molar-refractivity contribution is 0.337. The molecule has 2 heterocycles. The molecule has 0 bridgehead atoms. The van der Waals surface area contributed by atoms with Crippen LogP contribution in [0.1, 0.15) is 62.5 Å². The monoisotopic (exact) mass is 560 g/mol. The van der Waals surface area contributed by atoms with Crippen molar-refractivity contribution >= 4 is 26.1 Å². The molecule has 0 amide bonds. The average molecular weight is 561 g/mol. The fourth-order valence-corrected chi connectivity index (χ4v) is 7.97. The molecule has 38 heavy (non-hydrogen) atoms. The molecule has 2 aromatic rings. The fraction of sp³-hybridized carbons (Fsp3) is 0.536. The Morgan fingerprint density at radius 2 is 1.26 bits per heavy atom. The highest BCUT2D eigenvalue weighted by atomic mass is 32.2. The third kappa shape index (κ3) is 8.71. The first-order valence-corrected chi connectivity index (χ1v) is 16.6. The minimum atomic E-state index is -3.79. The summed E-state index contributed by atoms with van der Waals surface area (Å²) in [6.07, 6.45) is 7.26. The van der Waals surface area contributed by atoms with Crippen LogP contribution in [0.25, 0.3) is 0 Å². The Labute approximate surface area is 228 Å². The van der Waals surface area contributed by atoms with Crippen molar-refractivity contribution in [2.45, 2.75) is 70.3 Å². The zero-order chi connectivity index (χ0) is 26.8. The number of hydrogen-bond acceptors (Lipinski definition) is 4. The molecule has 1 unspecified atom stereocenters. The van der Waals surface area contributed by atoms with Crippen molar-refractivity contribution < 1.29 is 16.8 Å². The molecular formula is C28H40N4O4S2. The minimum Gasteiger partial charge on any atom is -0.199 e. The lowest BCUT2D eigenvalue weighted by Gasteiger charge is -2.29. The fourth-order valence-electron chi connectivity index (χ4n) is 5.15. The van der Waals surface area contributed by atoms with Gasteiger partial charge in [-0.3, -0.25) is 0 Å². The van der Waals surface area contributed by atoms with Gasteiger partial charge >= 0.3 is 10.2 Å². The number of piperidine rings is 2. The first-order chi connectivity index (χ1) is 18.3. The highest BCUT2D eigenvalue weighted by Gasteiger charge is 2.28. The van der Waals surface area contributed by atoms with Crippen molar-refractivity contribution in [3.8, 4) is 0 Å². The molecule has 208 valence electrons. The Morgan fingerprint density at radius 1 is 0.737 bits per heavy atom. The number of hydrogen-bond donors (Lipinski definition) is 1. The zero-order valence-corrected chi connectivity index (χ0v) is 23.7. The predicted molar refractivity (Wildman–Crippen MR) is 153 cm³/mol. The SMILES string of the molecule is O=S(=O)(N=C(CCC(Cc1ccccc1)NS(=O)(=O)N1CCCCC1)Cc1ccccc1)N1CCCCC1. The van der Waals surface area contributed by atoms with E-state index in [4.69, 9.17) is 0 Å². The number of nitrogens with one attached hydrogen (secondary N) is 1. The summed E-state index contributed by atoms with van der Waals surface area (Å²) < 4.78 is 63.1. The van der Waals surface area contributed by atoms with E-state index in [1.165, 1.54) is 8.61 Å². The Bertz CT molecular complexity index is 1240. The maximum atomic E-state index is 13.2. The normalized spacial score (nSPS) is 19.3. The maximum Gasteiger partial charge on any atom is 0.322 e. The Balaban J connectivity index is 1.55. The molecule has 0 spiro atoms. The van der Waals surface area contributed by atoms with E-state index >= 15 is 0 Å². The standard InChI is InChI=1S/C28H40N4O4S2/c33-37(34,31-19-9-3-10-20-31)29-27(23-25-13-5-1-6-14-25)17-18-28(24-26-15-7-2-8-16-26)30-38(35,36)32-21-11-4-12-22-32/h1-2,5-8,13-16,27,29H,3-4,9-12,17-24H2. The van der Waals surface area contributed by atoms with Gasteiger partial charge in [-0.15, -0.1) is 0 Å². The topological polar surface area (TPSA) is 99.1 Å². The van der Waals surface area contributed by atoms with Crippen molar-refractivity contribution in [2.24, 2.45) is 4.40 Å². The number of benzene rings is 2. The summed E-state index contributed by atoms with van der Waals surface area (Å²) in [5, 5.41) is 0. The lowest BCUT2D eigenvalue weighted by atomic mass is 9.99. The number of nitrogens with zero attached hydrogens (tertiary/aromatic N) is 3. The molecule has 2 aliphatic heterocycles. The smallest absolute Gasteiger partial charge is 0.199 e. The third-order valence-corrected chi connectivity index (χ3v) is 10.4. The van der Waals surface area contributed by atoms with Crippen molar-refractivity contribution in [3.63, 3.8) is 0 Å². The molecule has 1 atom stereocenters. The Kier molecular flexibility index (Phi) is 10.5. The average Bonchev–Trinajstić information content (AvgIpc) is 2.93. The van der Waals surface area contributed by atoms with Gasteiger partial charge in [0, 0.05) is 44.4 Å². The van der Waals surface area contributed by atoms with E-state index in [1.807, 2.05) is 60.7 Å². The van der Waals surface area contributed by atoms with Crippen LogP contribution in [0.5, 0.6) is 0 Å². The number of rotatable bonds is 12. The molecule has 1 N–H and O–H groups in total. The van der Waals surface area contributed by atoms with E-state index in [0.29, 0.717) is 57.6 Å². The second-order valence-corrected chi connectivity index (χ2v) is 13.6. The van der Waals surface area contributed by atoms with Gasteiger partial charge in [-0.05, 0) is 56.1 Å². The van der Waals surface area contributed by atoms with Crippen LogP contribution in [-0.4, -0.2) is 63.4 Å². The van der Waals surface area contributed by atoms with Gasteiger partial charge in [-0.2, -0.15) is 34.6 Å². The zero-order valence-electron chi connectivity index (χ0n) is 22.0. The summed E-state index contributed by atoms with van der Waals surface area (Å²) in [4.78, 5) is 0. The van der Waals surface area contributed by atoms with E-state index in [0.717, 1.165) is 49.7 Å². The van der Waals surface area contributed by atoms with Gasteiger partial charge in [-0.1, -0.05) is 73.5 Å². The molecule has 2 fully saturated rings. The van der Waals surface area contributed by atoms with E-state index in [2.05, 4.69) is 9.12 Å². The van der Waals surface area contributed by atoms with Crippen LogP contribution in [0, 0.1) is 0 Å². The molecule has 0 saturated carbocycles. The molecule has 4 rings (SSSR count). The van der Waals surface area contributed by atoms with Crippen LogP contribution in [0.3, 0.4) is 0 Å². The van der Waals surface area contributed by atoms with Gasteiger partial charge in [0.25, 0.3) is 10.2 Å². The second-order valence-electron chi connectivity index (χ2n) is 10.3. The molecular weight excluding hydrogens is 520 g/mol. The van der Waals surface area contributed by atoms with Gasteiger partial charge in [0.1, 0.15) is 0 Å². The van der Waals surface area contributed by atoms with Crippen molar-refractivity contribution in [1.29, 1.82) is 0 Å². The van der Waals surface area contributed by atoms with Gasteiger partial charge in [0.15, 0.2) is 0 Å². The minimum absolute atomic E-state index is 0.377. The molecule has 0 aliphatic carbocycles. The largest absolute Gasteiger partial charge is 0.322 e. The lowest BCUT2D eigenvalue weighted by Crippen LogP contribution is -2.48. The molecule has 0 aromatic heterocycles. The van der Waals surface area contributed by atoms with Crippen molar-refractivity contribution in [3.05, 3.63) is 71.8 Å². The van der Waals surface area contributed by atoms with Crippen LogP contribution in [0.2, 0.25) is 0 Å². The maximum absolute atomic E-state index is 13.2. The quantitative estimate of drug-likeness (QED) is 0.395. The van der Waals surface area contributed by atoms with E-state index in [-0.39, 0.29) is 6.04 Å². The summed E-state index contributed by atoms with van der Waals surface area (Å²) in [5.74, 6) is 0. The summed E-state index contributed by atoms with van der Waals surface area (Å²) in [7, 11) is -7.43. The van der Waals surface area contributed by atoms with Gasteiger partial charge in [0.2, 0.25) is 0 Å². The summed E-state index contributed by atoms with van der Waals surface area (Å²) in [6, 6.07) is 19.1. The predicted octanol–water partition coefficient (Wildman–Crippen LogP) is 4.11. The highest BCUT2D eigenvalue weighted by molar-refractivity contribution is 7.88. The van der Waals surface area contributed by atoms with Crippen LogP contribution in [-0.2, 0) is 33.3 Å². The highest BCUT2D eigenvalue weighted by Crippen LogP contribution is 2.19. The van der Waals surface area contributed by atoms with Crippen LogP contribution in [0.15, 0.2) is 65.1 Å². The molecule has 0 radical (unpaired) electrons. The van der Waals surface area contributed by atoms with Crippen LogP contribution < -0.4 is 4.72 Å². The molecule has 2 aliphatic rings. The first-order valence-electron chi connectivity index (χ1n) is 13.7. The van der Waals surface area contributed by atoms with Gasteiger partial charge in [0.05, 0.1) is 0 Å². The van der Waals surface area contributed by atoms with Crippen molar-refractivity contribution in [2.75, 3.05) is 26.2 Å². The Hall–Kier alpha value is -2.11. The van der Waals surface area contributed by atoms with Gasteiger partial charge in [-0.25, -0.2) is 0 Å². The first kappa shape index (κ1) is 28.9. The summed E-state index contributed by atoms with van der Waals surface area (Å²) in [6.45, 7) is 2.05. The molecule has 10 heteroatoms. The van der Waals surface area contributed by atoms with Crippen LogP contribution in [0.4, 0.5) is 0 Å². The second kappa shape index (κ2) is 13.8. The van der Waals surface area contributed by atoms with Crippen LogP contribution >= 0.6 is 0 Å². The molecule has 2 saturated heterocycles. The van der Waals surface area contributed by atoms with E-state index in [1.54, 1.807) is 0 Å². The van der Waals surface area contributed by atoms with E-state index in [9.17, 15) is 16.8 Å². The molecule has 2 aromatic carbocycles. The Morgan fingerprint density at radius 3 is 1.84 bits per heavy atom. The molecule has 8 nitrogen and oxygen atoms in total. The van der Waals surface area contributed by atoms with Gasteiger partial charge < -0.3 is 0 Å². The van der Waals surface area contributed by atoms with Crippen molar-refractivity contribution in [1.82, 2.24) is 13.3 Å².